The molecular formula is C12H22N2. The van der Waals surface area contributed by atoms with E-state index in [1.165, 1.54) is 31.5 Å². The zero-order valence-corrected chi connectivity index (χ0v) is 9.47. The van der Waals surface area contributed by atoms with Crippen molar-refractivity contribution in [3.63, 3.8) is 0 Å². The predicted octanol–water partition coefficient (Wildman–Crippen LogP) is 1.64. The molecule has 1 heterocycles. The number of piperazine rings is 1. The third-order valence-corrected chi connectivity index (χ3v) is 3.48. The Morgan fingerprint density at radius 2 is 2.29 bits per heavy atom. The van der Waals surface area contributed by atoms with Gasteiger partial charge in [-0.3, -0.25) is 4.90 Å². The molecule has 1 atom stereocenters. The molecule has 0 amide bonds. The first-order valence-corrected chi connectivity index (χ1v) is 5.72. The molecule has 0 radical (unpaired) electrons. The fourth-order valence-electron chi connectivity index (χ4n) is 2.61. The second-order valence-corrected chi connectivity index (χ2v) is 5.29. The van der Waals surface area contributed by atoms with Gasteiger partial charge >= 0.3 is 0 Å². The topological polar surface area (TPSA) is 15.3 Å². The Kier molecular flexibility index (Phi) is 2.67. The van der Waals surface area contributed by atoms with Crippen LogP contribution in [0.1, 0.15) is 26.7 Å². The van der Waals surface area contributed by atoms with Crippen molar-refractivity contribution < 1.29 is 0 Å². The summed E-state index contributed by atoms with van der Waals surface area (Å²) in [7, 11) is 0. The second-order valence-electron chi connectivity index (χ2n) is 5.29. The SMILES string of the molecule is C=C(C)CN1CCNC(C)(C2CC2)C1. The summed E-state index contributed by atoms with van der Waals surface area (Å²) >= 11 is 0. The van der Waals surface area contributed by atoms with Crippen LogP contribution in [-0.4, -0.2) is 36.6 Å². The van der Waals surface area contributed by atoms with Crippen molar-refractivity contribution in [2.75, 3.05) is 26.2 Å². The monoisotopic (exact) mass is 194 g/mol. The zero-order chi connectivity index (χ0) is 10.2. The van der Waals surface area contributed by atoms with E-state index >= 15 is 0 Å². The molecule has 0 aromatic heterocycles. The molecule has 0 aromatic rings. The van der Waals surface area contributed by atoms with Crippen molar-refractivity contribution in [2.24, 2.45) is 5.92 Å². The van der Waals surface area contributed by atoms with Gasteiger partial charge in [0.2, 0.25) is 0 Å². The van der Waals surface area contributed by atoms with Crippen LogP contribution in [0.25, 0.3) is 0 Å². The summed E-state index contributed by atoms with van der Waals surface area (Å²) in [6.45, 7) is 13.1. The molecule has 2 fully saturated rings. The number of hydrogen-bond acceptors (Lipinski definition) is 2. The molecule has 2 heteroatoms. The Morgan fingerprint density at radius 1 is 1.57 bits per heavy atom. The third-order valence-electron chi connectivity index (χ3n) is 3.48. The fourth-order valence-corrected chi connectivity index (χ4v) is 2.61. The van der Waals surface area contributed by atoms with Gasteiger partial charge in [0.15, 0.2) is 0 Å². The Bertz CT molecular complexity index is 232. The highest BCUT2D eigenvalue weighted by Gasteiger charge is 2.43. The molecule has 1 saturated heterocycles. The molecule has 0 bridgehead atoms. The van der Waals surface area contributed by atoms with Crippen molar-refractivity contribution in [3.8, 4) is 0 Å². The van der Waals surface area contributed by atoms with E-state index in [0.717, 1.165) is 19.0 Å². The summed E-state index contributed by atoms with van der Waals surface area (Å²) < 4.78 is 0. The van der Waals surface area contributed by atoms with Crippen LogP contribution in [0, 0.1) is 5.92 Å². The number of rotatable bonds is 3. The molecule has 1 N–H and O–H groups in total. The predicted molar refractivity (Wildman–Crippen MR) is 60.4 cm³/mol. The minimum atomic E-state index is 0.383. The Morgan fingerprint density at radius 3 is 2.86 bits per heavy atom. The molecule has 14 heavy (non-hydrogen) atoms. The van der Waals surface area contributed by atoms with Crippen LogP contribution in [0.15, 0.2) is 12.2 Å². The second kappa shape index (κ2) is 3.67. The van der Waals surface area contributed by atoms with Gasteiger partial charge in [0.05, 0.1) is 0 Å². The number of nitrogens with zero attached hydrogens (tertiary/aromatic N) is 1. The van der Waals surface area contributed by atoms with Gasteiger partial charge in [-0.2, -0.15) is 0 Å². The molecule has 1 aliphatic heterocycles. The van der Waals surface area contributed by atoms with E-state index < -0.39 is 0 Å². The maximum atomic E-state index is 4.00. The van der Waals surface area contributed by atoms with Crippen LogP contribution >= 0.6 is 0 Å². The van der Waals surface area contributed by atoms with E-state index in [0.29, 0.717) is 5.54 Å². The quantitative estimate of drug-likeness (QED) is 0.687. The van der Waals surface area contributed by atoms with E-state index in [1.54, 1.807) is 0 Å². The smallest absolute Gasteiger partial charge is 0.0309 e. The summed E-state index contributed by atoms with van der Waals surface area (Å²) in [5.41, 5.74) is 1.67. The molecular weight excluding hydrogens is 172 g/mol. The molecule has 1 saturated carbocycles. The minimum Gasteiger partial charge on any atom is -0.309 e. The molecule has 2 rings (SSSR count). The fraction of sp³-hybridized carbons (Fsp3) is 0.833. The van der Waals surface area contributed by atoms with E-state index in [4.69, 9.17) is 0 Å². The van der Waals surface area contributed by atoms with Gasteiger partial charge in [0.1, 0.15) is 0 Å². The third kappa shape index (κ3) is 2.18. The first kappa shape index (κ1) is 10.2. The largest absolute Gasteiger partial charge is 0.309 e. The summed E-state index contributed by atoms with van der Waals surface area (Å²) in [5.74, 6) is 0.926. The van der Waals surface area contributed by atoms with E-state index in [1.807, 2.05) is 0 Å². The minimum absolute atomic E-state index is 0.383. The lowest BCUT2D eigenvalue weighted by molar-refractivity contribution is 0.136. The molecule has 80 valence electrons. The molecule has 0 aromatic carbocycles. The lowest BCUT2D eigenvalue weighted by Crippen LogP contribution is -2.60. The molecule has 2 nitrogen and oxygen atoms in total. The molecule has 1 aliphatic carbocycles. The lowest BCUT2D eigenvalue weighted by Gasteiger charge is -2.42. The van der Waals surface area contributed by atoms with Crippen molar-refractivity contribution >= 4 is 0 Å². The van der Waals surface area contributed by atoms with Crippen LogP contribution in [0.3, 0.4) is 0 Å². The number of hydrogen-bond donors (Lipinski definition) is 1. The first-order valence-electron chi connectivity index (χ1n) is 5.72. The van der Waals surface area contributed by atoms with Crippen LogP contribution in [-0.2, 0) is 0 Å². The Balaban J connectivity index is 1.92. The maximum Gasteiger partial charge on any atom is 0.0309 e. The van der Waals surface area contributed by atoms with Gasteiger partial charge in [-0.05, 0) is 32.6 Å². The Labute approximate surface area is 87.4 Å². The average molecular weight is 194 g/mol. The summed E-state index contributed by atoms with van der Waals surface area (Å²) in [6, 6.07) is 0. The standard InChI is InChI=1S/C12H22N2/c1-10(2)8-14-7-6-13-12(3,9-14)11-4-5-11/h11,13H,1,4-9H2,2-3H3. The van der Waals surface area contributed by atoms with Crippen LogP contribution in [0.4, 0.5) is 0 Å². The van der Waals surface area contributed by atoms with Gasteiger partial charge in [0.25, 0.3) is 0 Å². The van der Waals surface area contributed by atoms with Crippen molar-refractivity contribution in [1.29, 1.82) is 0 Å². The highest BCUT2D eigenvalue weighted by molar-refractivity contribution is 5.04. The van der Waals surface area contributed by atoms with Gasteiger partial charge in [-0.1, -0.05) is 12.2 Å². The Hall–Kier alpha value is -0.340. The average Bonchev–Trinajstić information content (AvgIpc) is 2.84. The summed E-state index contributed by atoms with van der Waals surface area (Å²) in [6.07, 6.45) is 2.84. The highest BCUT2D eigenvalue weighted by atomic mass is 15.2. The van der Waals surface area contributed by atoms with Crippen molar-refractivity contribution in [2.45, 2.75) is 32.2 Å². The van der Waals surface area contributed by atoms with Crippen molar-refractivity contribution in [3.05, 3.63) is 12.2 Å². The summed E-state index contributed by atoms with van der Waals surface area (Å²) in [4.78, 5) is 2.54. The van der Waals surface area contributed by atoms with Crippen LogP contribution < -0.4 is 5.32 Å². The van der Waals surface area contributed by atoms with Gasteiger partial charge in [-0.15, -0.1) is 0 Å². The van der Waals surface area contributed by atoms with E-state index in [9.17, 15) is 0 Å². The normalized spacial score (nSPS) is 34.4. The van der Waals surface area contributed by atoms with Crippen molar-refractivity contribution in [1.82, 2.24) is 10.2 Å². The van der Waals surface area contributed by atoms with Gasteiger partial charge < -0.3 is 5.32 Å². The summed E-state index contributed by atoms with van der Waals surface area (Å²) in [5, 5.41) is 3.69. The van der Waals surface area contributed by atoms with Crippen LogP contribution in [0.5, 0.6) is 0 Å². The molecule has 0 spiro atoms. The zero-order valence-electron chi connectivity index (χ0n) is 9.47. The van der Waals surface area contributed by atoms with Crippen LogP contribution in [0.2, 0.25) is 0 Å². The molecule has 1 unspecified atom stereocenters. The number of nitrogens with one attached hydrogen (secondary N) is 1. The van der Waals surface area contributed by atoms with Gasteiger partial charge in [0, 0.05) is 31.7 Å². The lowest BCUT2D eigenvalue weighted by atomic mass is 9.93. The highest BCUT2D eigenvalue weighted by Crippen LogP contribution is 2.40. The first-order chi connectivity index (χ1) is 6.60. The maximum absolute atomic E-state index is 4.00. The van der Waals surface area contributed by atoms with E-state index in [2.05, 4.69) is 30.6 Å². The molecule has 2 aliphatic rings. The van der Waals surface area contributed by atoms with Gasteiger partial charge in [-0.25, -0.2) is 0 Å². The van der Waals surface area contributed by atoms with E-state index in [-0.39, 0.29) is 0 Å².